The van der Waals surface area contributed by atoms with E-state index < -0.39 is 0 Å². The standard InChI is InChI=1S/C12H20N4O/c1-2-9-3-5-10(6-4-9)7-13-12(17)11-8-14-16-15-11/h8-10H,2-7H2,1H3,(H,13,17)(H,14,15,16). The van der Waals surface area contributed by atoms with Crippen molar-refractivity contribution in [3.63, 3.8) is 0 Å². The van der Waals surface area contributed by atoms with Crippen molar-refractivity contribution in [1.82, 2.24) is 20.7 Å². The van der Waals surface area contributed by atoms with Crippen molar-refractivity contribution in [2.75, 3.05) is 6.54 Å². The van der Waals surface area contributed by atoms with E-state index in [9.17, 15) is 4.79 Å². The molecule has 0 aromatic carbocycles. The van der Waals surface area contributed by atoms with Crippen molar-refractivity contribution < 1.29 is 4.79 Å². The molecule has 94 valence electrons. The fourth-order valence-electron chi connectivity index (χ4n) is 2.48. The van der Waals surface area contributed by atoms with E-state index >= 15 is 0 Å². The summed E-state index contributed by atoms with van der Waals surface area (Å²) >= 11 is 0. The maximum Gasteiger partial charge on any atom is 0.273 e. The molecule has 1 heterocycles. The van der Waals surface area contributed by atoms with Gasteiger partial charge in [0.2, 0.25) is 0 Å². The topological polar surface area (TPSA) is 70.7 Å². The number of carbonyl (C=O) groups excluding carboxylic acids is 1. The summed E-state index contributed by atoms with van der Waals surface area (Å²) in [6.45, 7) is 3.03. The first-order chi connectivity index (χ1) is 8.29. The van der Waals surface area contributed by atoms with Gasteiger partial charge in [0.15, 0.2) is 5.69 Å². The highest BCUT2D eigenvalue weighted by molar-refractivity contribution is 5.91. The zero-order valence-corrected chi connectivity index (χ0v) is 10.3. The van der Waals surface area contributed by atoms with E-state index in [1.165, 1.54) is 38.3 Å². The van der Waals surface area contributed by atoms with Crippen LogP contribution in [0, 0.1) is 11.8 Å². The molecule has 1 amide bonds. The van der Waals surface area contributed by atoms with Gasteiger partial charge in [-0.05, 0) is 24.7 Å². The largest absolute Gasteiger partial charge is 0.350 e. The van der Waals surface area contributed by atoms with Crippen LogP contribution in [-0.4, -0.2) is 27.9 Å². The van der Waals surface area contributed by atoms with E-state index in [4.69, 9.17) is 0 Å². The quantitative estimate of drug-likeness (QED) is 0.836. The molecule has 0 aliphatic heterocycles. The lowest BCUT2D eigenvalue weighted by atomic mass is 9.81. The second-order valence-electron chi connectivity index (χ2n) is 4.86. The summed E-state index contributed by atoms with van der Waals surface area (Å²) in [6, 6.07) is 0. The fraction of sp³-hybridized carbons (Fsp3) is 0.750. The van der Waals surface area contributed by atoms with Gasteiger partial charge in [-0.15, -0.1) is 0 Å². The average Bonchev–Trinajstić information content (AvgIpc) is 2.90. The van der Waals surface area contributed by atoms with Crippen molar-refractivity contribution in [2.45, 2.75) is 39.0 Å². The first-order valence-corrected chi connectivity index (χ1v) is 6.43. The third-order valence-corrected chi connectivity index (χ3v) is 3.74. The summed E-state index contributed by atoms with van der Waals surface area (Å²) in [5, 5.41) is 12.7. The molecule has 0 radical (unpaired) electrons. The molecule has 5 heteroatoms. The highest BCUT2D eigenvalue weighted by Gasteiger charge is 2.20. The molecule has 2 rings (SSSR count). The van der Waals surface area contributed by atoms with Crippen LogP contribution in [0.15, 0.2) is 6.20 Å². The number of carbonyl (C=O) groups is 1. The number of hydrogen-bond acceptors (Lipinski definition) is 3. The maximum absolute atomic E-state index is 11.6. The van der Waals surface area contributed by atoms with Gasteiger partial charge in [-0.1, -0.05) is 26.2 Å². The van der Waals surface area contributed by atoms with E-state index in [1.54, 1.807) is 0 Å². The third-order valence-electron chi connectivity index (χ3n) is 3.74. The second-order valence-corrected chi connectivity index (χ2v) is 4.86. The van der Waals surface area contributed by atoms with E-state index in [0.717, 1.165) is 12.5 Å². The lowest BCUT2D eigenvalue weighted by Gasteiger charge is -2.27. The molecule has 2 N–H and O–H groups in total. The number of amides is 1. The minimum absolute atomic E-state index is 0.128. The van der Waals surface area contributed by atoms with E-state index in [2.05, 4.69) is 27.7 Å². The maximum atomic E-state index is 11.6. The van der Waals surface area contributed by atoms with Crippen molar-refractivity contribution in [3.8, 4) is 0 Å². The number of rotatable bonds is 4. The number of aromatic amines is 1. The molecule has 17 heavy (non-hydrogen) atoms. The van der Waals surface area contributed by atoms with Gasteiger partial charge in [0, 0.05) is 6.54 Å². The van der Waals surface area contributed by atoms with Gasteiger partial charge < -0.3 is 5.32 Å². The summed E-state index contributed by atoms with van der Waals surface area (Å²) in [4.78, 5) is 11.6. The van der Waals surface area contributed by atoms with E-state index in [1.807, 2.05) is 0 Å². The molecule has 1 aromatic heterocycles. The third kappa shape index (κ3) is 3.28. The highest BCUT2D eigenvalue weighted by atomic mass is 16.1. The zero-order valence-electron chi connectivity index (χ0n) is 10.3. The number of aromatic nitrogens is 3. The Kier molecular flexibility index (Phi) is 4.12. The van der Waals surface area contributed by atoms with Gasteiger partial charge in [0.1, 0.15) is 0 Å². The van der Waals surface area contributed by atoms with Crippen molar-refractivity contribution in [2.24, 2.45) is 11.8 Å². The van der Waals surface area contributed by atoms with Crippen LogP contribution in [0.2, 0.25) is 0 Å². The fourth-order valence-corrected chi connectivity index (χ4v) is 2.48. The average molecular weight is 236 g/mol. The molecule has 0 bridgehead atoms. The predicted octanol–water partition coefficient (Wildman–Crippen LogP) is 1.75. The summed E-state index contributed by atoms with van der Waals surface area (Å²) < 4.78 is 0. The Morgan fingerprint density at radius 1 is 1.41 bits per heavy atom. The molecule has 1 aromatic rings. The molecule has 1 aliphatic rings. The van der Waals surface area contributed by atoms with Crippen LogP contribution in [0.3, 0.4) is 0 Å². The van der Waals surface area contributed by atoms with Crippen LogP contribution in [0.5, 0.6) is 0 Å². The van der Waals surface area contributed by atoms with Crippen LogP contribution >= 0.6 is 0 Å². The van der Waals surface area contributed by atoms with E-state index in [-0.39, 0.29) is 5.91 Å². The molecule has 0 saturated heterocycles. The van der Waals surface area contributed by atoms with Crippen LogP contribution in [0.1, 0.15) is 49.5 Å². The monoisotopic (exact) mass is 236 g/mol. The second kappa shape index (κ2) is 5.80. The highest BCUT2D eigenvalue weighted by Crippen LogP contribution is 2.30. The van der Waals surface area contributed by atoms with Crippen molar-refractivity contribution >= 4 is 5.91 Å². The Bertz CT molecular complexity index is 341. The van der Waals surface area contributed by atoms with Gasteiger partial charge in [-0.3, -0.25) is 4.79 Å². The number of H-pyrrole nitrogens is 1. The lowest BCUT2D eigenvalue weighted by molar-refractivity contribution is 0.0936. The Balaban J connectivity index is 1.71. The molecule has 5 nitrogen and oxygen atoms in total. The van der Waals surface area contributed by atoms with Gasteiger partial charge in [0.25, 0.3) is 5.91 Å². The number of nitrogens with one attached hydrogen (secondary N) is 2. The smallest absolute Gasteiger partial charge is 0.273 e. The molecule has 1 aliphatic carbocycles. The van der Waals surface area contributed by atoms with Crippen molar-refractivity contribution in [3.05, 3.63) is 11.9 Å². The Hall–Kier alpha value is -1.39. The summed E-state index contributed by atoms with van der Waals surface area (Å²) in [7, 11) is 0. The molecule has 1 fully saturated rings. The van der Waals surface area contributed by atoms with Gasteiger partial charge in [0.05, 0.1) is 6.20 Å². The Labute approximate surface area is 101 Å². The van der Waals surface area contributed by atoms with Crippen LogP contribution in [0.4, 0.5) is 0 Å². The first-order valence-electron chi connectivity index (χ1n) is 6.43. The Morgan fingerprint density at radius 3 is 2.71 bits per heavy atom. The number of nitrogens with zero attached hydrogens (tertiary/aromatic N) is 2. The number of hydrogen-bond donors (Lipinski definition) is 2. The zero-order chi connectivity index (χ0) is 12.1. The van der Waals surface area contributed by atoms with Crippen LogP contribution < -0.4 is 5.32 Å². The molecule has 0 atom stereocenters. The lowest BCUT2D eigenvalue weighted by Crippen LogP contribution is -2.31. The SMILES string of the molecule is CCC1CCC(CNC(=O)c2cn[nH]n2)CC1. The van der Waals surface area contributed by atoms with Gasteiger partial charge in [-0.2, -0.15) is 15.4 Å². The first kappa shape index (κ1) is 12.1. The summed E-state index contributed by atoms with van der Waals surface area (Å²) in [6.07, 6.45) is 7.82. The molecule has 0 spiro atoms. The molecule has 1 saturated carbocycles. The summed E-state index contributed by atoms with van der Waals surface area (Å²) in [5.74, 6) is 1.41. The minimum atomic E-state index is -0.128. The summed E-state index contributed by atoms with van der Waals surface area (Å²) in [5.41, 5.74) is 0.368. The molecule has 0 unspecified atom stereocenters. The van der Waals surface area contributed by atoms with Crippen LogP contribution in [0.25, 0.3) is 0 Å². The van der Waals surface area contributed by atoms with E-state index in [0.29, 0.717) is 11.6 Å². The van der Waals surface area contributed by atoms with Crippen molar-refractivity contribution in [1.29, 1.82) is 0 Å². The molecular formula is C12H20N4O. The Morgan fingerprint density at radius 2 is 2.12 bits per heavy atom. The normalized spacial score (nSPS) is 24.5. The van der Waals surface area contributed by atoms with Gasteiger partial charge >= 0.3 is 0 Å². The van der Waals surface area contributed by atoms with Gasteiger partial charge in [-0.25, -0.2) is 0 Å². The van der Waals surface area contributed by atoms with Crippen LogP contribution in [-0.2, 0) is 0 Å². The minimum Gasteiger partial charge on any atom is -0.350 e. The molecular weight excluding hydrogens is 216 g/mol. The predicted molar refractivity (Wildman–Crippen MR) is 64.5 cm³/mol.